The molecule has 1 aliphatic carbocycles. The summed E-state index contributed by atoms with van der Waals surface area (Å²) < 4.78 is 36.8. The first kappa shape index (κ1) is 14.8. The lowest BCUT2D eigenvalue weighted by Crippen LogP contribution is -2.41. The van der Waals surface area contributed by atoms with Crippen molar-refractivity contribution in [1.29, 1.82) is 0 Å². The molecule has 17 heavy (non-hydrogen) atoms. The fraction of sp³-hybridized carbons (Fsp3) is 1.00. The van der Waals surface area contributed by atoms with E-state index in [1.807, 2.05) is 0 Å². The number of aliphatic hydroxyl groups is 1. The van der Waals surface area contributed by atoms with Crippen LogP contribution in [-0.2, 0) is 0 Å². The van der Waals surface area contributed by atoms with E-state index in [-0.39, 0.29) is 12.5 Å². The molecule has 0 aliphatic heterocycles. The third-order valence-corrected chi connectivity index (χ3v) is 3.49. The molecule has 1 aliphatic rings. The van der Waals surface area contributed by atoms with Crippen molar-refractivity contribution in [2.24, 2.45) is 5.92 Å². The zero-order chi connectivity index (χ0) is 12.9. The summed E-state index contributed by atoms with van der Waals surface area (Å²) >= 11 is 0. The number of halogens is 3. The second kappa shape index (κ2) is 6.59. The lowest BCUT2D eigenvalue weighted by molar-refractivity contribution is -0.149. The van der Waals surface area contributed by atoms with Crippen molar-refractivity contribution in [3.05, 3.63) is 0 Å². The average molecular weight is 253 g/mol. The van der Waals surface area contributed by atoms with E-state index in [0.29, 0.717) is 6.54 Å². The maximum Gasteiger partial charge on any atom is 0.401 e. The van der Waals surface area contributed by atoms with Crippen molar-refractivity contribution in [3.8, 4) is 0 Å². The summed E-state index contributed by atoms with van der Waals surface area (Å²) in [5.74, 6) is 0.186. The molecule has 0 aromatic rings. The van der Waals surface area contributed by atoms with E-state index >= 15 is 0 Å². The molecule has 0 saturated heterocycles. The quantitative estimate of drug-likeness (QED) is 0.814. The summed E-state index contributed by atoms with van der Waals surface area (Å²) in [6, 6.07) is 0. The fourth-order valence-electron chi connectivity index (χ4n) is 2.49. The first-order valence-electron chi connectivity index (χ1n) is 6.39. The number of hydrogen-bond acceptors (Lipinski definition) is 2. The Morgan fingerprint density at radius 3 is 2.29 bits per heavy atom. The number of likely N-dealkylation sites (N-methyl/N-ethyl adjacent to an activating group) is 1. The highest BCUT2D eigenvalue weighted by Gasteiger charge is 2.32. The van der Waals surface area contributed by atoms with Crippen LogP contribution < -0.4 is 0 Å². The molecule has 5 heteroatoms. The largest absolute Gasteiger partial charge is 0.401 e. The van der Waals surface area contributed by atoms with E-state index in [4.69, 9.17) is 0 Å². The van der Waals surface area contributed by atoms with Crippen LogP contribution in [0.4, 0.5) is 13.2 Å². The highest BCUT2D eigenvalue weighted by atomic mass is 19.4. The molecule has 0 spiro atoms. The maximum absolute atomic E-state index is 12.3. The van der Waals surface area contributed by atoms with Crippen LogP contribution in [0.3, 0.4) is 0 Å². The molecule has 102 valence electrons. The Morgan fingerprint density at radius 1 is 1.24 bits per heavy atom. The molecule has 1 fully saturated rings. The van der Waals surface area contributed by atoms with Gasteiger partial charge >= 0.3 is 6.18 Å². The molecule has 1 saturated carbocycles. The summed E-state index contributed by atoms with van der Waals surface area (Å²) in [4.78, 5) is 1.28. The SMILES string of the molecule is CCN(CC(O)C1CCCCC1)CC(F)(F)F. The van der Waals surface area contributed by atoms with Crippen molar-refractivity contribution in [2.75, 3.05) is 19.6 Å². The van der Waals surface area contributed by atoms with Gasteiger partial charge in [-0.15, -0.1) is 0 Å². The van der Waals surface area contributed by atoms with Gasteiger partial charge in [-0.3, -0.25) is 4.90 Å². The van der Waals surface area contributed by atoms with Crippen LogP contribution in [0.2, 0.25) is 0 Å². The normalized spacial score (nSPS) is 20.8. The van der Waals surface area contributed by atoms with Gasteiger partial charge in [0, 0.05) is 6.54 Å². The Balaban J connectivity index is 2.38. The summed E-state index contributed by atoms with van der Waals surface area (Å²) in [6.07, 6.45) is 0.471. The Labute approximate surface area is 101 Å². The van der Waals surface area contributed by atoms with Crippen LogP contribution in [0.15, 0.2) is 0 Å². The highest BCUT2D eigenvalue weighted by Crippen LogP contribution is 2.27. The molecular formula is C12H22F3NO. The number of nitrogens with zero attached hydrogens (tertiary/aromatic N) is 1. The topological polar surface area (TPSA) is 23.5 Å². The Hall–Kier alpha value is -0.290. The van der Waals surface area contributed by atoms with E-state index in [0.717, 1.165) is 25.7 Å². The maximum atomic E-state index is 12.3. The number of rotatable bonds is 5. The lowest BCUT2D eigenvalue weighted by Gasteiger charge is -2.31. The van der Waals surface area contributed by atoms with E-state index in [1.54, 1.807) is 6.92 Å². The summed E-state index contributed by atoms with van der Waals surface area (Å²) in [6.45, 7) is 1.23. The molecule has 0 radical (unpaired) electrons. The second-order valence-electron chi connectivity index (χ2n) is 4.91. The van der Waals surface area contributed by atoms with Crippen molar-refractivity contribution < 1.29 is 18.3 Å². The van der Waals surface area contributed by atoms with Crippen molar-refractivity contribution in [3.63, 3.8) is 0 Å². The van der Waals surface area contributed by atoms with Crippen LogP contribution in [0.5, 0.6) is 0 Å². The molecule has 0 amide bonds. The molecule has 1 N–H and O–H groups in total. The molecule has 0 heterocycles. The van der Waals surface area contributed by atoms with Gasteiger partial charge in [0.2, 0.25) is 0 Å². The van der Waals surface area contributed by atoms with Crippen LogP contribution in [0.1, 0.15) is 39.0 Å². The average Bonchev–Trinajstić information content (AvgIpc) is 2.27. The molecule has 2 nitrogen and oxygen atoms in total. The second-order valence-corrected chi connectivity index (χ2v) is 4.91. The Kier molecular flexibility index (Phi) is 5.73. The minimum absolute atomic E-state index is 0.140. The van der Waals surface area contributed by atoms with Gasteiger partial charge in [-0.25, -0.2) is 0 Å². The molecule has 1 rings (SSSR count). The Morgan fingerprint density at radius 2 is 1.82 bits per heavy atom. The van der Waals surface area contributed by atoms with Crippen LogP contribution in [0, 0.1) is 5.92 Å². The van der Waals surface area contributed by atoms with Gasteiger partial charge in [0.15, 0.2) is 0 Å². The molecule has 0 aromatic heterocycles. The third kappa shape index (κ3) is 5.73. The van der Waals surface area contributed by atoms with E-state index in [2.05, 4.69) is 0 Å². The monoisotopic (exact) mass is 253 g/mol. The van der Waals surface area contributed by atoms with Crippen LogP contribution in [-0.4, -0.2) is 41.9 Å². The predicted molar refractivity (Wildman–Crippen MR) is 60.8 cm³/mol. The zero-order valence-electron chi connectivity index (χ0n) is 10.3. The van der Waals surface area contributed by atoms with Crippen molar-refractivity contribution >= 4 is 0 Å². The minimum atomic E-state index is -4.18. The van der Waals surface area contributed by atoms with E-state index < -0.39 is 18.8 Å². The van der Waals surface area contributed by atoms with Crippen molar-refractivity contribution in [2.45, 2.75) is 51.3 Å². The zero-order valence-corrected chi connectivity index (χ0v) is 10.3. The minimum Gasteiger partial charge on any atom is -0.392 e. The van der Waals surface area contributed by atoms with Gasteiger partial charge in [-0.2, -0.15) is 13.2 Å². The molecular weight excluding hydrogens is 231 g/mol. The van der Waals surface area contributed by atoms with Crippen LogP contribution >= 0.6 is 0 Å². The van der Waals surface area contributed by atoms with Gasteiger partial charge in [0.05, 0.1) is 12.6 Å². The molecule has 1 unspecified atom stereocenters. The van der Waals surface area contributed by atoms with E-state index in [1.165, 1.54) is 11.3 Å². The fourth-order valence-corrected chi connectivity index (χ4v) is 2.49. The lowest BCUT2D eigenvalue weighted by atomic mass is 9.85. The molecule has 0 bridgehead atoms. The number of alkyl halides is 3. The van der Waals surface area contributed by atoms with Gasteiger partial charge < -0.3 is 5.11 Å². The Bertz CT molecular complexity index is 214. The number of hydrogen-bond donors (Lipinski definition) is 1. The first-order valence-corrected chi connectivity index (χ1v) is 6.39. The van der Waals surface area contributed by atoms with Crippen molar-refractivity contribution in [1.82, 2.24) is 4.90 Å². The number of aliphatic hydroxyl groups excluding tert-OH is 1. The molecule has 0 aromatic carbocycles. The smallest absolute Gasteiger partial charge is 0.392 e. The summed E-state index contributed by atoms with van der Waals surface area (Å²) in [5.41, 5.74) is 0. The van der Waals surface area contributed by atoms with Crippen LogP contribution in [0.25, 0.3) is 0 Å². The molecule has 1 atom stereocenters. The summed E-state index contributed by atoms with van der Waals surface area (Å²) in [7, 11) is 0. The van der Waals surface area contributed by atoms with Gasteiger partial charge in [0.1, 0.15) is 0 Å². The standard InChI is InChI=1S/C12H22F3NO/c1-2-16(9-12(13,14)15)8-11(17)10-6-4-3-5-7-10/h10-11,17H,2-9H2,1H3. The van der Waals surface area contributed by atoms with Gasteiger partial charge in [-0.05, 0) is 25.3 Å². The summed E-state index contributed by atoms with van der Waals surface area (Å²) in [5, 5.41) is 9.96. The predicted octanol–water partition coefficient (Wildman–Crippen LogP) is 2.81. The first-order chi connectivity index (χ1) is 7.92. The van der Waals surface area contributed by atoms with E-state index in [9.17, 15) is 18.3 Å². The highest BCUT2D eigenvalue weighted by molar-refractivity contribution is 4.76. The van der Waals surface area contributed by atoms with Gasteiger partial charge in [0.25, 0.3) is 0 Å². The third-order valence-electron chi connectivity index (χ3n) is 3.49. The van der Waals surface area contributed by atoms with Gasteiger partial charge in [-0.1, -0.05) is 26.2 Å².